The Morgan fingerprint density at radius 2 is 1.98 bits per heavy atom. The molecule has 1 aliphatic carbocycles. The average Bonchev–Trinajstić information content (AvgIpc) is 3.28. The van der Waals surface area contributed by atoms with Crippen molar-refractivity contribution in [2.75, 3.05) is 51.4 Å². The van der Waals surface area contributed by atoms with Crippen LogP contribution in [0.2, 0.25) is 0 Å². The van der Waals surface area contributed by atoms with Crippen molar-refractivity contribution < 1.29 is 23.4 Å². The van der Waals surface area contributed by atoms with E-state index < -0.39 is 11.6 Å². The van der Waals surface area contributed by atoms with Crippen LogP contribution in [0.4, 0.5) is 14.6 Å². The van der Waals surface area contributed by atoms with Crippen LogP contribution in [-0.2, 0) is 4.74 Å². The number of rotatable bonds is 5. The number of likely N-dealkylation sites (tertiary alicyclic amines) is 1. The van der Waals surface area contributed by atoms with Crippen molar-refractivity contribution in [3.05, 3.63) is 47.7 Å². The number of aromatic hydroxyl groups is 1. The van der Waals surface area contributed by atoms with Gasteiger partial charge in [0.1, 0.15) is 28.6 Å². The molecular weight excluding hydrogens is 564 g/mol. The second kappa shape index (κ2) is 11.5. The molecule has 0 bridgehead atoms. The van der Waals surface area contributed by atoms with E-state index in [4.69, 9.17) is 20.9 Å². The Balaban J connectivity index is 1.37. The van der Waals surface area contributed by atoms with E-state index in [1.807, 2.05) is 0 Å². The molecule has 0 amide bonds. The minimum atomic E-state index is -0.726. The van der Waals surface area contributed by atoms with Gasteiger partial charge >= 0.3 is 6.01 Å². The predicted octanol–water partition coefficient (Wildman–Crippen LogP) is 5.68. The molecule has 1 saturated carbocycles. The standard InChI is InChI=1S/C34H35F2N5O3/c1-3-23-26(35)9-8-21-17-22(42)18-24(28(21)23)30-29(36)31-25(19-37-30)32(41-13-6-15-43-16-14-41)39-33(38-31)44-20-34-10-4-7-27(34)40(2)12-5-11-34/h1,8-9,17-19,27,42H,4-7,10-16,20H2,2H3. The van der Waals surface area contributed by atoms with Crippen molar-refractivity contribution in [2.45, 2.75) is 44.6 Å². The molecule has 3 aliphatic rings. The van der Waals surface area contributed by atoms with Crippen LogP contribution in [0.5, 0.6) is 11.8 Å². The molecule has 2 aromatic heterocycles. The second-order valence-electron chi connectivity index (χ2n) is 12.3. The number of phenolic OH excluding ortho intramolecular Hbond substituents is 1. The summed E-state index contributed by atoms with van der Waals surface area (Å²) in [5, 5.41) is 11.7. The highest BCUT2D eigenvalue weighted by Crippen LogP contribution is 2.47. The molecule has 2 aromatic carbocycles. The van der Waals surface area contributed by atoms with E-state index in [-0.39, 0.29) is 39.5 Å². The summed E-state index contributed by atoms with van der Waals surface area (Å²) in [6, 6.07) is 6.10. The second-order valence-corrected chi connectivity index (χ2v) is 12.3. The number of ether oxygens (including phenoxy) is 2. The number of hydrogen-bond acceptors (Lipinski definition) is 8. The maximum absolute atomic E-state index is 16.7. The number of pyridine rings is 1. The van der Waals surface area contributed by atoms with E-state index in [1.54, 1.807) is 0 Å². The summed E-state index contributed by atoms with van der Waals surface area (Å²) in [4.78, 5) is 18.4. The molecule has 0 spiro atoms. The average molecular weight is 600 g/mol. The van der Waals surface area contributed by atoms with Gasteiger partial charge in [-0.05, 0) is 69.3 Å². The third-order valence-corrected chi connectivity index (χ3v) is 9.68. The maximum Gasteiger partial charge on any atom is 0.319 e. The molecule has 7 rings (SSSR count). The van der Waals surface area contributed by atoms with E-state index in [0.717, 1.165) is 45.1 Å². The smallest absolute Gasteiger partial charge is 0.319 e. The van der Waals surface area contributed by atoms with Crippen molar-refractivity contribution in [3.63, 3.8) is 0 Å². The van der Waals surface area contributed by atoms with Gasteiger partial charge in [0.15, 0.2) is 5.82 Å². The minimum absolute atomic E-state index is 0.0139. The number of nitrogens with zero attached hydrogens (tertiary/aromatic N) is 5. The lowest BCUT2D eigenvalue weighted by Gasteiger charge is -2.44. The first-order valence-electron chi connectivity index (χ1n) is 15.3. The quantitative estimate of drug-likeness (QED) is 0.294. The van der Waals surface area contributed by atoms with Crippen LogP contribution >= 0.6 is 0 Å². The first kappa shape index (κ1) is 28.7. The first-order chi connectivity index (χ1) is 21.4. The Labute approximate surface area is 255 Å². The summed E-state index contributed by atoms with van der Waals surface area (Å²) in [6.07, 6.45) is 13.6. The Hall–Kier alpha value is -4.07. The van der Waals surface area contributed by atoms with Gasteiger partial charge in [-0.2, -0.15) is 9.97 Å². The van der Waals surface area contributed by atoms with Crippen molar-refractivity contribution in [1.82, 2.24) is 19.9 Å². The highest BCUT2D eigenvalue weighted by molar-refractivity contribution is 6.03. The number of hydrogen-bond donors (Lipinski definition) is 1. The van der Waals surface area contributed by atoms with Gasteiger partial charge in [-0.1, -0.05) is 18.4 Å². The molecule has 2 unspecified atom stereocenters. The fourth-order valence-electron chi connectivity index (χ4n) is 7.61. The van der Waals surface area contributed by atoms with Crippen molar-refractivity contribution in [3.8, 4) is 35.4 Å². The van der Waals surface area contributed by atoms with Crippen LogP contribution in [0.1, 0.15) is 44.1 Å². The van der Waals surface area contributed by atoms with Crippen molar-refractivity contribution in [1.29, 1.82) is 0 Å². The van der Waals surface area contributed by atoms with E-state index in [1.165, 1.54) is 30.5 Å². The molecule has 2 saturated heterocycles. The summed E-state index contributed by atoms with van der Waals surface area (Å²) in [5.41, 5.74) is 0.101. The summed E-state index contributed by atoms with van der Waals surface area (Å²) in [5.74, 6) is 1.45. The Morgan fingerprint density at radius 3 is 2.84 bits per heavy atom. The normalized spacial score (nSPS) is 22.6. The van der Waals surface area contributed by atoms with Crippen molar-refractivity contribution >= 4 is 27.5 Å². The number of anilines is 1. The fourth-order valence-corrected chi connectivity index (χ4v) is 7.61. The molecule has 3 fully saturated rings. The maximum atomic E-state index is 16.7. The van der Waals surface area contributed by atoms with E-state index in [2.05, 4.69) is 32.7 Å². The van der Waals surface area contributed by atoms with Crippen LogP contribution in [0.15, 0.2) is 30.5 Å². The lowest BCUT2D eigenvalue weighted by Crippen LogP contribution is -2.50. The van der Waals surface area contributed by atoms with Gasteiger partial charge in [0.2, 0.25) is 0 Å². The zero-order valence-corrected chi connectivity index (χ0v) is 24.8. The van der Waals surface area contributed by atoms with Gasteiger partial charge in [-0.15, -0.1) is 6.42 Å². The van der Waals surface area contributed by atoms with Gasteiger partial charge in [-0.25, -0.2) is 8.78 Å². The highest BCUT2D eigenvalue weighted by Gasteiger charge is 2.47. The SMILES string of the molecule is C#Cc1c(F)ccc2cc(O)cc(-c3ncc4c(N5CCCOCC5)nc(OCC56CCCC5N(C)CCC6)nc4c3F)c12. The molecule has 0 radical (unpaired) electrons. The summed E-state index contributed by atoms with van der Waals surface area (Å²) in [7, 11) is 2.18. The lowest BCUT2D eigenvalue weighted by molar-refractivity contribution is 0.0133. The molecule has 4 aromatic rings. The fraction of sp³-hybridized carbons (Fsp3) is 0.441. The van der Waals surface area contributed by atoms with Gasteiger partial charge in [0.25, 0.3) is 0 Å². The lowest BCUT2D eigenvalue weighted by atomic mass is 9.76. The molecule has 10 heteroatoms. The Kier molecular flexibility index (Phi) is 7.47. The summed E-state index contributed by atoms with van der Waals surface area (Å²) in [6.45, 7) is 3.94. The van der Waals surface area contributed by atoms with Crippen molar-refractivity contribution in [2.24, 2.45) is 5.41 Å². The number of aromatic nitrogens is 3. The molecular formula is C34H35F2N5O3. The molecule has 2 aliphatic heterocycles. The number of terminal acetylenes is 1. The van der Waals surface area contributed by atoms with Gasteiger partial charge in [-0.3, -0.25) is 4.98 Å². The molecule has 4 heterocycles. The number of benzene rings is 2. The molecule has 8 nitrogen and oxygen atoms in total. The third kappa shape index (κ3) is 4.88. The topological polar surface area (TPSA) is 83.8 Å². The minimum Gasteiger partial charge on any atom is -0.508 e. The first-order valence-corrected chi connectivity index (χ1v) is 15.3. The van der Waals surface area contributed by atoms with Crippen LogP contribution in [0.25, 0.3) is 32.9 Å². The summed E-state index contributed by atoms with van der Waals surface area (Å²) < 4.78 is 43.6. The number of piperidine rings is 1. The zero-order valence-electron chi connectivity index (χ0n) is 24.8. The number of phenols is 1. The van der Waals surface area contributed by atoms with Gasteiger partial charge in [0.05, 0.1) is 24.2 Å². The number of halogens is 2. The number of fused-ring (bicyclic) bond motifs is 3. The van der Waals surface area contributed by atoms with Gasteiger partial charge < -0.3 is 24.4 Å². The molecule has 2 atom stereocenters. The van der Waals surface area contributed by atoms with Crippen LogP contribution in [0.3, 0.4) is 0 Å². The van der Waals surface area contributed by atoms with Crippen LogP contribution in [-0.4, -0.2) is 77.5 Å². The monoisotopic (exact) mass is 599 g/mol. The summed E-state index contributed by atoms with van der Waals surface area (Å²) >= 11 is 0. The van der Waals surface area contributed by atoms with Gasteiger partial charge in [0, 0.05) is 48.3 Å². The van der Waals surface area contributed by atoms with Crippen LogP contribution in [0, 0.1) is 29.4 Å². The van der Waals surface area contributed by atoms with E-state index in [0.29, 0.717) is 60.9 Å². The largest absolute Gasteiger partial charge is 0.508 e. The van der Waals surface area contributed by atoms with E-state index >= 15 is 4.39 Å². The predicted molar refractivity (Wildman–Crippen MR) is 165 cm³/mol. The Bertz CT molecular complexity index is 1790. The molecule has 1 N–H and O–H groups in total. The van der Waals surface area contributed by atoms with E-state index in [9.17, 15) is 9.50 Å². The highest BCUT2D eigenvalue weighted by atomic mass is 19.1. The third-order valence-electron chi connectivity index (χ3n) is 9.68. The zero-order chi connectivity index (χ0) is 30.4. The molecule has 44 heavy (non-hydrogen) atoms. The van der Waals surface area contributed by atoms with Crippen LogP contribution < -0.4 is 9.64 Å². The Morgan fingerprint density at radius 1 is 1.11 bits per heavy atom. The molecule has 228 valence electrons.